The zero-order valence-corrected chi connectivity index (χ0v) is 9.95. The Hall–Kier alpha value is -1.43. The fourth-order valence-electron chi connectivity index (χ4n) is 1.61. The summed E-state index contributed by atoms with van der Waals surface area (Å²) in [7, 11) is 0. The lowest BCUT2D eigenvalue weighted by molar-refractivity contribution is 0.600. The number of hydrogen-bond acceptors (Lipinski definition) is 3. The minimum atomic E-state index is 0.534. The van der Waals surface area contributed by atoms with Gasteiger partial charge in [0.15, 0.2) is 0 Å². The van der Waals surface area contributed by atoms with Gasteiger partial charge in [0.1, 0.15) is 11.9 Å². The molecule has 0 radical (unpaired) electrons. The predicted octanol–water partition coefficient (Wildman–Crippen LogP) is 3.25. The Balaban J connectivity index is 2.15. The second-order valence-corrected chi connectivity index (χ2v) is 4.02. The van der Waals surface area contributed by atoms with E-state index in [4.69, 9.17) is 5.26 Å². The molecule has 0 aliphatic carbocycles. The standard InChI is InChI=1S/C13H19N3/c1-2-3-4-5-6-7-8-13-15-10-12(9-14)11-16-13/h10-11H,2-8H2,1H3. The quantitative estimate of drug-likeness (QED) is 0.659. The number of hydrogen-bond donors (Lipinski definition) is 0. The van der Waals surface area contributed by atoms with Crippen molar-refractivity contribution in [1.82, 2.24) is 9.97 Å². The molecule has 86 valence electrons. The Bertz CT molecular complexity index is 324. The average Bonchev–Trinajstić information content (AvgIpc) is 2.34. The lowest BCUT2D eigenvalue weighted by atomic mass is 10.1. The van der Waals surface area contributed by atoms with Crippen LogP contribution in [0.25, 0.3) is 0 Å². The highest BCUT2D eigenvalue weighted by molar-refractivity contribution is 5.21. The van der Waals surface area contributed by atoms with Gasteiger partial charge in [-0.2, -0.15) is 5.26 Å². The van der Waals surface area contributed by atoms with Gasteiger partial charge in [-0.25, -0.2) is 9.97 Å². The highest BCUT2D eigenvalue weighted by Gasteiger charge is 1.97. The Morgan fingerprint density at radius 2 is 1.69 bits per heavy atom. The summed E-state index contributed by atoms with van der Waals surface area (Å²) in [6.07, 6.45) is 11.8. The summed E-state index contributed by atoms with van der Waals surface area (Å²) >= 11 is 0. The molecule has 0 bridgehead atoms. The molecule has 0 atom stereocenters. The van der Waals surface area contributed by atoms with Crippen molar-refractivity contribution in [3.63, 3.8) is 0 Å². The zero-order chi connectivity index (χ0) is 11.6. The highest BCUT2D eigenvalue weighted by atomic mass is 14.9. The molecule has 1 rings (SSSR count). The van der Waals surface area contributed by atoms with Crippen LogP contribution >= 0.6 is 0 Å². The van der Waals surface area contributed by atoms with Crippen molar-refractivity contribution in [1.29, 1.82) is 5.26 Å². The molecular weight excluding hydrogens is 198 g/mol. The fraction of sp³-hybridized carbons (Fsp3) is 0.615. The Kier molecular flexibility index (Phi) is 6.17. The van der Waals surface area contributed by atoms with E-state index in [1.54, 1.807) is 12.4 Å². The van der Waals surface area contributed by atoms with Gasteiger partial charge >= 0.3 is 0 Å². The van der Waals surface area contributed by atoms with Gasteiger partial charge in [-0.3, -0.25) is 0 Å². The second-order valence-electron chi connectivity index (χ2n) is 4.02. The van der Waals surface area contributed by atoms with E-state index in [0.717, 1.165) is 18.7 Å². The van der Waals surface area contributed by atoms with Crippen molar-refractivity contribution >= 4 is 0 Å². The summed E-state index contributed by atoms with van der Waals surface area (Å²) in [5.41, 5.74) is 0.534. The summed E-state index contributed by atoms with van der Waals surface area (Å²) < 4.78 is 0. The van der Waals surface area contributed by atoms with Crippen molar-refractivity contribution in [3.8, 4) is 6.07 Å². The molecule has 1 aromatic rings. The van der Waals surface area contributed by atoms with Crippen molar-refractivity contribution in [3.05, 3.63) is 23.8 Å². The van der Waals surface area contributed by atoms with Gasteiger partial charge in [-0.15, -0.1) is 0 Å². The van der Waals surface area contributed by atoms with E-state index in [0.29, 0.717) is 5.56 Å². The third-order valence-corrected chi connectivity index (χ3v) is 2.59. The molecule has 16 heavy (non-hydrogen) atoms. The van der Waals surface area contributed by atoms with Gasteiger partial charge in [-0.1, -0.05) is 39.0 Å². The SMILES string of the molecule is CCCCCCCCc1ncc(C#N)cn1. The molecule has 0 saturated carbocycles. The smallest absolute Gasteiger partial charge is 0.128 e. The zero-order valence-electron chi connectivity index (χ0n) is 9.95. The van der Waals surface area contributed by atoms with Crippen LogP contribution in [0, 0.1) is 11.3 Å². The monoisotopic (exact) mass is 217 g/mol. The van der Waals surface area contributed by atoms with E-state index in [9.17, 15) is 0 Å². The van der Waals surface area contributed by atoms with Crippen LogP contribution in [0.1, 0.15) is 56.8 Å². The van der Waals surface area contributed by atoms with Crippen LogP contribution in [0.15, 0.2) is 12.4 Å². The van der Waals surface area contributed by atoms with E-state index >= 15 is 0 Å². The normalized spacial score (nSPS) is 10.0. The molecule has 0 fully saturated rings. The molecule has 0 spiro atoms. The number of nitriles is 1. The fourth-order valence-corrected chi connectivity index (χ4v) is 1.61. The first kappa shape index (κ1) is 12.6. The molecule has 0 amide bonds. The molecule has 0 aliphatic rings. The number of unbranched alkanes of at least 4 members (excludes halogenated alkanes) is 5. The van der Waals surface area contributed by atoms with Crippen LogP contribution in [0.5, 0.6) is 0 Å². The number of aromatic nitrogens is 2. The summed E-state index contributed by atoms with van der Waals surface area (Å²) in [5.74, 6) is 0.856. The van der Waals surface area contributed by atoms with Crippen molar-refractivity contribution in [2.75, 3.05) is 0 Å². The Labute approximate surface area is 97.5 Å². The van der Waals surface area contributed by atoms with E-state index in [-0.39, 0.29) is 0 Å². The molecule has 0 saturated heterocycles. The second kappa shape index (κ2) is 7.81. The molecule has 0 aromatic carbocycles. The third kappa shape index (κ3) is 4.88. The maximum atomic E-state index is 8.60. The maximum Gasteiger partial charge on any atom is 0.128 e. The summed E-state index contributed by atoms with van der Waals surface area (Å²) in [5, 5.41) is 8.60. The van der Waals surface area contributed by atoms with Crippen molar-refractivity contribution in [2.45, 2.75) is 51.9 Å². The first-order valence-corrected chi connectivity index (χ1v) is 6.08. The van der Waals surface area contributed by atoms with Gasteiger partial charge in [0, 0.05) is 18.8 Å². The number of rotatable bonds is 7. The molecule has 1 aromatic heterocycles. The average molecular weight is 217 g/mol. The van der Waals surface area contributed by atoms with E-state index in [1.807, 2.05) is 6.07 Å². The third-order valence-electron chi connectivity index (χ3n) is 2.59. The maximum absolute atomic E-state index is 8.60. The number of aryl methyl sites for hydroxylation is 1. The van der Waals surface area contributed by atoms with Crippen LogP contribution < -0.4 is 0 Å². The van der Waals surface area contributed by atoms with Crippen LogP contribution in [0.3, 0.4) is 0 Å². The molecule has 0 aliphatic heterocycles. The molecular formula is C13H19N3. The van der Waals surface area contributed by atoms with Crippen molar-refractivity contribution < 1.29 is 0 Å². The van der Waals surface area contributed by atoms with E-state index < -0.39 is 0 Å². The number of nitrogens with zero attached hydrogens (tertiary/aromatic N) is 3. The summed E-state index contributed by atoms with van der Waals surface area (Å²) in [6, 6.07) is 2.02. The van der Waals surface area contributed by atoms with Crippen LogP contribution in [0.4, 0.5) is 0 Å². The van der Waals surface area contributed by atoms with Gasteiger partial charge < -0.3 is 0 Å². The van der Waals surface area contributed by atoms with Gasteiger partial charge in [-0.05, 0) is 6.42 Å². The van der Waals surface area contributed by atoms with Gasteiger partial charge in [0.25, 0.3) is 0 Å². The molecule has 3 nitrogen and oxygen atoms in total. The minimum absolute atomic E-state index is 0.534. The highest BCUT2D eigenvalue weighted by Crippen LogP contribution is 2.07. The molecule has 1 heterocycles. The largest absolute Gasteiger partial charge is 0.240 e. The van der Waals surface area contributed by atoms with Crippen molar-refractivity contribution in [2.24, 2.45) is 0 Å². The predicted molar refractivity (Wildman–Crippen MR) is 63.8 cm³/mol. The van der Waals surface area contributed by atoms with Gasteiger partial charge in [0.05, 0.1) is 5.56 Å². The minimum Gasteiger partial charge on any atom is -0.240 e. The first-order valence-electron chi connectivity index (χ1n) is 6.08. The van der Waals surface area contributed by atoms with E-state index in [2.05, 4.69) is 16.9 Å². The Morgan fingerprint density at radius 3 is 2.31 bits per heavy atom. The van der Waals surface area contributed by atoms with Crippen LogP contribution in [-0.4, -0.2) is 9.97 Å². The first-order chi connectivity index (χ1) is 7.86. The van der Waals surface area contributed by atoms with Crippen LogP contribution in [0.2, 0.25) is 0 Å². The molecule has 3 heteroatoms. The summed E-state index contributed by atoms with van der Waals surface area (Å²) in [6.45, 7) is 2.23. The topological polar surface area (TPSA) is 49.6 Å². The van der Waals surface area contributed by atoms with E-state index in [1.165, 1.54) is 32.1 Å². The lowest BCUT2D eigenvalue weighted by Gasteiger charge is -2.00. The van der Waals surface area contributed by atoms with Crippen LogP contribution in [-0.2, 0) is 6.42 Å². The lowest BCUT2D eigenvalue weighted by Crippen LogP contribution is -1.95. The Morgan fingerprint density at radius 1 is 1.06 bits per heavy atom. The summed E-state index contributed by atoms with van der Waals surface area (Å²) in [4.78, 5) is 8.30. The molecule has 0 N–H and O–H groups in total. The van der Waals surface area contributed by atoms with Gasteiger partial charge in [0.2, 0.25) is 0 Å². The molecule has 0 unspecified atom stereocenters.